The standard InChI is InChI=1S/C10H11NO3/c1-2-6-3-7-8(11-13)5-14-10(7)4-9(6)12/h3-4,12-13H,2,5H2,1H3/b11-8-. The van der Waals surface area contributed by atoms with Crippen LogP contribution in [0.5, 0.6) is 11.5 Å². The number of fused-ring (bicyclic) bond motifs is 1. The third kappa shape index (κ3) is 1.19. The molecule has 2 N–H and O–H groups in total. The lowest BCUT2D eigenvalue weighted by atomic mass is 10.0. The quantitative estimate of drug-likeness (QED) is 0.525. The third-order valence-electron chi connectivity index (χ3n) is 2.36. The first-order valence-electron chi connectivity index (χ1n) is 4.46. The minimum absolute atomic E-state index is 0.227. The Morgan fingerprint density at radius 3 is 2.93 bits per heavy atom. The molecule has 74 valence electrons. The highest BCUT2D eigenvalue weighted by atomic mass is 16.5. The summed E-state index contributed by atoms with van der Waals surface area (Å²) >= 11 is 0. The van der Waals surface area contributed by atoms with E-state index in [0.29, 0.717) is 11.5 Å². The van der Waals surface area contributed by atoms with E-state index in [1.807, 2.05) is 6.92 Å². The minimum atomic E-state index is 0.227. The largest absolute Gasteiger partial charge is 0.508 e. The van der Waals surface area contributed by atoms with Gasteiger partial charge in [0.15, 0.2) is 0 Å². The van der Waals surface area contributed by atoms with Crippen LogP contribution in [0.15, 0.2) is 17.3 Å². The first-order valence-corrected chi connectivity index (χ1v) is 4.46. The summed E-state index contributed by atoms with van der Waals surface area (Å²) < 4.78 is 5.23. The number of aromatic hydroxyl groups is 1. The lowest BCUT2D eigenvalue weighted by Gasteiger charge is -2.04. The maximum atomic E-state index is 9.55. The highest BCUT2D eigenvalue weighted by molar-refractivity contribution is 6.06. The van der Waals surface area contributed by atoms with E-state index >= 15 is 0 Å². The molecule has 0 unspecified atom stereocenters. The second-order valence-electron chi connectivity index (χ2n) is 3.17. The molecule has 0 radical (unpaired) electrons. The van der Waals surface area contributed by atoms with E-state index < -0.39 is 0 Å². The van der Waals surface area contributed by atoms with Gasteiger partial charge in [-0.05, 0) is 18.1 Å². The van der Waals surface area contributed by atoms with Gasteiger partial charge >= 0.3 is 0 Å². The number of rotatable bonds is 1. The summed E-state index contributed by atoms with van der Waals surface area (Å²) in [5.41, 5.74) is 2.10. The molecule has 1 heterocycles. The zero-order valence-corrected chi connectivity index (χ0v) is 7.82. The molecule has 0 aliphatic carbocycles. The van der Waals surface area contributed by atoms with E-state index in [4.69, 9.17) is 9.94 Å². The van der Waals surface area contributed by atoms with Gasteiger partial charge in [-0.1, -0.05) is 12.1 Å². The predicted molar refractivity (Wildman–Crippen MR) is 51.3 cm³/mol. The van der Waals surface area contributed by atoms with Crippen molar-refractivity contribution in [1.29, 1.82) is 0 Å². The predicted octanol–water partition coefficient (Wildman–Crippen LogP) is 1.53. The van der Waals surface area contributed by atoms with Gasteiger partial charge in [0.1, 0.15) is 23.8 Å². The van der Waals surface area contributed by atoms with E-state index in [2.05, 4.69) is 5.16 Å². The normalized spacial score (nSPS) is 16.8. The van der Waals surface area contributed by atoms with Gasteiger partial charge in [0.25, 0.3) is 0 Å². The van der Waals surface area contributed by atoms with Crippen LogP contribution >= 0.6 is 0 Å². The summed E-state index contributed by atoms with van der Waals surface area (Å²) in [4.78, 5) is 0. The van der Waals surface area contributed by atoms with Crippen LogP contribution in [0.2, 0.25) is 0 Å². The smallest absolute Gasteiger partial charge is 0.134 e. The number of oxime groups is 1. The molecule has 1 aromatic carbocycles. The number of hydrogen-bond acceptors (Lipinski definition) is 4. The van der Waals surface area contributed by atoms with Gasteiger partial charge in [-0.3, -0.25) is 0 Å². The van der Waals surface area contributed by atoms with Gasteiger partial charge in [0, 0.05) is 11.6 Å². The molecule has 0 saturated heterocycles. The fraction of sp³-hybridized carbons (Fsp3) is 0.300. The molecule has 0 amide bonds. The van der Waals surface area contributed by atoms with E-state index in [9.17, 15) is 5.11 Å². The number of aryl methyl sites for hydroxylation is 1. The minimum Gasteiger partial charge on any atom is -0.508 e. The Morgan fingerprint density at radius 1 is 1.50 bits per heavy atom. The Morgan fingerprint density at radius 2 is 2.29 bits per heavy atom. The van der Waals surface area contributed by atoms with Crippen molar-refractivity contribution in [3.63, 3.8) is 0 Å². The van der Waals surface area contributed by atoms with E-state index in [-0.39, 0.29) is 12.4 Å². The Bertz CT molecular complexity index is 399. The maximum absolute atomic E-state index is 9.55. The van der Waals surface area contributed by atoms with Crippen LogP contribution in [-0.4, -0.2) is 22.6 Å². The van der Waals surface area contributed by atoms with Crippen LogP contribution in [-0.2, 0) is 6.42 Å². The molecule has 0 saturated carbocycles. The first-order chi connectivity index (χ1) is 6.76. The number of nitrogens with zero attached hydrogens (tertiary/aromatic N) is 1. The van der Waals surface area contributed by atoms with Gasteiger partial charge in [-0.25, -0.2) is 0 Å². The number of hydrogen-bond donors (Lipinski definition) is 2. The van der Waals surface area contributed by atoms with E-state index in [0.717, 1.165) is 17.5 Å². The van der Waals surface area contributed by atoms with Crippen molar-refractivity contribution in [3.8, 4) is 11.5 Å². The summed E-state index contributed by atoms with van der Waals surface area (Å²) in [7, 11) is 0. The average Bonchev–Trinajstić information content (AvgIpc) is 2.58. The number of phenolic OH excluding ortho intramolecular Hbond substituents is 1. The summed E-state index contributed by atoms with van der Waals surface area (Å²) in [5, 5.41) is 21.4. The Labute approximate surface area is 81.4 Å². The van der Waals surface area contributed by atoms with Crippen LogP contribution < -0.4 is 4.74 Å². The van der Waals surface area contributed by atoms with Gasteiger partial charge in [-0.15, -0.1) is 0 Å². The molecule has 14 heavy (non-hydrogen) atoms. The highest BCUT2D eigenvalue weighted by Gasteiger charge is 2.21. The Balaban J connectivity index is 2.56. The summed E-state index contributed by atoms with van der Waals surface area (Å²) in [6, 6.07) is 3.36. The molecule has 1 aliphatic heterocycles. The molecular weight excluding hydrogens is 182 g/mol. The second kappa shape index (κ2) is 3.21. The molecule has 0 atom stereocenters. The van der Waals surface area contributed by atoms with Crippen molar-refractivity contribution in [2.75, 3.05) is 6.61 Å². The lowest BCUT2D eigenvalue weighted by molar-refractivity contribution is 0.313. The molecule has 4 nitrogen and oxygen atoms in total. The molecule has 2 rings (SSSR count). The molecule has 1 aromatic rings. The van der Waals surface area contributed by atoms with Gasteiger partial charge in [0.2, 0.25) is 0 Å². The molecular formula is C10H11NO3. The second-order valence-corrected chi connectivity index (χ2v) is 3.17. The van der Waals surface area contributed by atoms with Gasteiger partial charge in [0.05, 0.1) is 0 Å². The van der Waals surface area contributed by atoms with Crippen LogP contribution in [0.3, 0.4) is 0 Å². The summed E-state index contributed by atoms with van der Waals surface area (Å²) in [5.74, 6) is 0.804. The van der Waals surface area contributed by atoms with Crippen molar-refractivity contribution >= 4 is 5.71 Å². The average molecular weight is 193 g/mol. The molecule has 0 spiro atoms. The van der Waals surface area contributed by atoms with Crippen molar-refractivity contribution in [1.82, 2.24) is 0 Å². The first kappa shape index (κ1) is 8.87. The zero-order chi connectivity index (χ0) is 10.1. The monoisotopic (exact) mass is 193 g/mol. The van der Waals surface area contributed by atoms with Gasteiger partial charge < -0.3 is 15.1 Å². The SMILES string of the molecule is CCc1cc2c(cc1O)OC/C2=N/O. The Kier molecular flexibility index (Phi) is 2.04. The van der Waals surface area contributed by atoms with Crippen molar-refractivity contribution in [3.05, 3.63) is 23.3 Å². The Hall–Kier alpha value is -1.71. The fourth-order valence-corrected chi connectivity index (χ4v) is 1.55. The molecule has 1 aliphatic rings. The fourth-order valence-electron chi connectivity index (χ4n) is 1.55. The van der Waals surface area contributed by atoms with Crippen LogP contribution in [0.25, 0.3) is 0 Å². The topological polar surface area (TPSA) is 62.0 Å². The van der Waals surface area contributed by atoms with E-state index in [1.54, 1.807) is 12.1 Å². The molecule has 4 heteroatoms. The lowest BCUT2D eigenvalue weighted by Crippen LogP contribution is -2.01. The van der Waals surface area contributed by atoms with Crippen LogP contribution in [0, 0.1) is 0 Å². The van der Waals surface area contributed by atoms with Crippen molar-refractivity contribution in [2.45, 2.75) is 13.3 Å². The van der Waals surface area contributed by atoms with Crippen molar-refractivity contribution < 1.29 is 15.1 Å². The molecule has 0 bridgehead atoms. The summed E-state index contributed by atoms with van der Waals surface area (Å²) in [6.45, 7) is 2.21. The third-order valence-corrected chi connectivity index (χ3v) is 2.36. The number of benzene rings is 1. The zero-order valence-electron chi connectivity index (χ0n) is 7.82. The van der Waals surface area contributed by atoms with E-state index in [1.165, 1.54) is 0 Å². The number of ether oxygens (including phenoxy) is 1. The van der Waals surface area contributed by atoms with Crippen molar-refractivity contribution in [2.24, 2.45) is 5.16 Å². The molecule has 0 fully saturated rings. The maximum Gasteiger partial charge on any atom is 0.134 e. The number of phenols is 1. The highest BCUT2D eigenvalue weighted by Crippen LogP contribution is 2.32. The summed E-state index contributed by atoms with van der Waals surface area (Å²) in [6.07, 6.45) is 0.734. The van der Waals surface area contributed by atoms with Crippen LogP contribution in [0.4, 0.5) is 0 Å². The molecule has 0 aromatic heterocycles. The van der Waals surface area contributed by atoms with Crippen LogP contribution in [0.1, 0.15) is 18.1 Å². The van der Waals surface area contributed by atoms with Gasteiger partial charge in [-0.2, -0.15) is 0 Å².